The Balaban J connectivity index is 2.19. The Morgan fingerprint density at radius 2 is 1.80 bits per heavy atom. The Bertz CT molecular complexity index is 717. The Morgan fingerprint density at radius 1 is 1.15 bits per heavy atom. The number of aliphatic carboxylic acids is 1. The fourth-order valence-corrected chi connectivity index (χ4v) is 4.86. The highest BCUT2D eigenvalue weighted by molar-refractivity contribution is 9.11. The summed E-state index contributed by atoms with van der Waals surface area (Å²) in [5.74, 6) is -0.995. The molecule has 0 radical (unpaired) electrons. The molecule has 0 bridgehead atoms. The number of carboxylic acids is 1. The zero-order valence-electron chi connectivity index (χ0n) is 10.2. The van der Waals surface area contributed by atoms with E-state index in [-0.39, 0.29) is 17.1 Å². The van der Waals surface area contributed by atoms with E-state index in [9.17, 15) is 13.2 Å². The van der Waals surface area contributed by atoms with Gasteiger partial charge in [0, 0.05) is 4.88 Å². The molecule has 4 nitrogen and oxygen atoms in total. The minimum atomic E-state index is -3.40. The number of sulfone groups is 1. The molecule has 0 aliphatic carbocycles. The predicted molar refractivity (Wildman–Crippen MR) is 80.7 cm³/mol. The molecule has 0 aliphatic heterocycles. The van der Waals surface area contributed by atoms with Gasteiger partial charge in [0.1, 0.15) is 0 Å². The van der Waals surface area contributed by atoms with Gasteiger partial charge in [0.05, 0.1) is 20.9 Å². The van der Waals surface area contributed by atoms with Crippen molar-refractivity contribution in [3.05, 3.63) is 50.6 Å². The Morgan fingerprint density at radius 3 is 2.30 bits per heavy atom. The van der Waals surface area contributed by atoms with Crippen molar-refractivity contribution in [1.29, 1.82) is 0 Å². The van der Waals surface area contributed by atoms with E-state index < -0.39 is 15.8 Å². The van der Waals surface area contributed by atoms with Crippen molar-refractivity contribution >= 4 is 43.1 Å². The number of halogens is 1. The second-order valence-electron chi connectivity index (χ2n) is 4.18. The number of carboxylic acid groups (broad SMARTS) is 1. The van der Waals surface area contributed by atoms with Crippen LogP contribution in [0.3, 0.4) is 0 Å². The van der Waals surface area contributed by atoms with E-state index >= 15 is 0 Å². The molecule has 20 heavy (non-hydrogen) atoms. The van der Waals surface area contributed by atoms with Gasteiger partial charge in [0.25, 0.3) is 0 Å². The van der Waals surface area contributed by atoms with E-state index in [0.717, 1.165) is 8.66 Å². The number of hydrogen-bond acceptors (Lipinski definition) is 4. The lowest BCUT2D eigenvalue weighted by atomic mass is 10.2. The van der Waals surface area contributed by atoms with Crippen molar-refractivity contribution < 1.29 is 18.3 Å². The molecule has 2 aromatic rings. The summed E-state index contributed by atoms with van der Waals surface area (Å²) in [5, 5.41) is 8.67. The van der Waals surface area contributed by atoms with Crippen LogP contribution in [0.1, 0.15) is 10.4 Å². The minimum Gasteiger partial charge on any atom is -0.481 e. The van der Waals surface area contributed by atoms with E-state index in [1.165, 1.54) is 35.6 Å². The van der Waals surface area contributed by atoms with Crippen LogP contribution in [0, 0.1) is 0 Å². The van der Waals surface area contributed by atoms with Gasteiger partial charge in [-0.25, -0.2) is 8.42 Å². The standard InChI is InChI=1S/C13H11BrO4S2/c14-12-6-3-10(19-12)8-20(17,18)11-4-1-9(2-5-11)7-13(15)16/h1-6H,7-8H2,(H,15,16). The van der Waals surface area contributed by atoms with Crippen LogP contribution in [-0.4, -0.2) is 19.5 Å². The summed E-state index contributed by atoms with van der Waals surface area (Å²) < 4.78 is 25.3. The van der Waals surface area contributed by atoms with Gasteiger partial charge in [0.2, 0.25) is 0 Å². The van der Waals surface area contributed by atoms with Crippen molar-refractivity contribution in [1.82, 2.24) is 0 Å². The van der Waals surface area contributed by atoms with E-state index in [2.05, 4.69) is 15.9 Å². The van der Waals surface area contributed by atoms with Gasteiger partial charge in [-0.2, -0.15) is 0 Å². The second kappa shape index (κ2) is 6.07. The number of hydrogen-bond donors (Lipinski definition) is 1. The fourth-order valence-electron chi connectivity index (χ4n) is 1.69. The Labute approximate surface area is 129 Å². The largest absolute Gasteiger partial charge is 0.481 e. The molecule has 7 heteroatoms. The molecule has 0 saturated heterocycles. The van der Waals surface area contributed by atoms with Gasteiger partial charge in [-0.15, -0.1) is 11.3 Å². The first kappa shape index (κ1) is 15.2. The van der Waals surface area contributed by atoms with E-state index in [1.54, 1.807) is 6.07 Å². The van der Waals surface area contributed by atoms with Gasteiger partial charge >= 0.3 is 5.97 Å². The molecular weight excluding hydrogens is 364 g/mol. The zero-order valence-corrected chi connectivity index (χ0v) is 13.5. The molecular formula is C13H11BrO4S2. The van der Waals surface area contributed by atoms with Crippen LogP contribution in [0.2, 0.25) is 0 Å². The molecule has 0 spiro atoms. The SMILES string of the molecule is O=C(O)Cc1ccc(S(=O)(=O)Cc2ccc(Br)s2)cc1. The molecule has 106 valence electrons. The topological polar surface area (TPSA) is 71.4 Å². The molecule has 0 atom stereocenters. The van der Waals surface area contributed by atoms with Gasteiger partial charge in [0.15, 0.2) is 9.84 Å². The minimum absolute atomic E-state index is 0.0540. The highest BCUT2D eigenvalue weighted by Crippen LogP contribution is 2.26. The lowest BCUT2D eigenvalue weighted by molar-refractivity contribution is -0.136. The third-order valence-electron chi connectivity index (χ3n) is 2.60. The fraction of sp³-hybridized carbons (Fsp3) is 0.154. The summed E-state index contributed by atoms with van der Waals surface area (Å²) in [6, 6.07) is 9.56. The zero-order chi connectivity index (χ0) is 14.8. The van der Waals surface area contributed by atoms with Crippen molar-refractivity contribution in [2.24, 2.45) is 0 Å². The van der Waals surface area contributed by atoms with Gasteiger partial charge in [-0.3, -0.25) is 4.79 Å². The first-order chi connectivity index (χ1) is 9.37. The maximum atomic E-state index is 12.2. The van der Waals surface area contributed by atoms with Crippen molar-refractivity contribution in [3.8, 4) is 0 Å². The molecule has 1 N–H and O–H groups in total. The average Bonchev–Trinajstić information content (AvgIpc) is 2.74. The number of rotatable bonds is 5. The highest BCUT2D eigenvalue weighted by atomic mass is 79.9. The summed E-state index contributed by atoms with van der Waals surface area (Å²) in [7, 11) is -3.40. The van der Waals surface area contributed by atoms with Crippen LogP contribution in [0.4, 0.5) is 0 Å². The van der Waals surface area contributed by atoms with Crippen LogP contribution >= 0.6 is 27.3 Å². The smallest absolute Gasteiger partial charge is 0.307 e. The predicted octanol–water partition coefficient (Wildman–Crippen LogP) is 3.11. The van der Waals surface area contributed by atoms with E-state index in [0.29, 0.717) is 5.56 Å². The van der Waals surface area contributed by atoms with Crippen LogP contribution in [0.15, 0.2) is 45.1 Å². The van der Waals surface area contributed by atoms with Crippen LogP contribution < -0.4 is 0 Å². The molecule has 2 rings (SSSR count). The van der Waals surface area contributed by atoms with Crippen LogP contribution in [0.25, 0.3) is 0 Å². The molecule has 0 saturated carbocycles. The number of thiophene rings is 1. The van der Waals surface area contributed by atoms with Crippen LogP contribution in [0.5, 0.6) is 0 Å². The van der Waals surface area contributed by atoms with E-state index in [4.69, 9.17) is 5.11 Å². The summed E-state index contributed by atoms with van der Waals surface area (Å²) in [6.45, 7) is 0. The second-order valence-corrected chi connectivity index (χ2v) is 8.72. The molecule has 0 amide bonds. The van der Waals surface area contributed by atoms with Gasteiger partial charge in [-0.1, -0.05) is 12.1 Å². The summed E-state index contributed by atoms with van der Waals surface area (Å²) in [5.41, 5.74) is 0.579. The first-order valence-corrected chi connectivity index (χ1v) is 8.91. The van der Waals surface area contributed by atoms with Crippen molar-refractivity contribution in [2.75, 3.05) is 0 Å². The summed E-state index contributed by atoms with van der Waals surface area (Å²) in [6.07, 6.45) is -0.113. The molecule has 1 heterocycles. The van der Waals surface area contributed by atoms with Gasteiger partial charge < -0.3 is 5.11 Å². The molecule has 1 aromatic heterocycles. The molecule has 0 fully saturated rings. The van der Waals surface area contributed by atoms with Crippen LogP contribution in [-0.2, 0) is 26.8 Å². The van der Waals surface area contributed by atoms with Crippen molar-refractivity contribution in [3.63, 3.8) is 0 Å². The summed E-state index contributed by atoms with van der Waals surface area (Å²) >= 11 is 4.68. The molecule has 0 aliphatic rings. The average molecular weight is 375 g/mol. The quantitative estimate of drug-likeness (QED) is 0.872. The Hall–Kier alpha value is -1.18. The highest BCUT2D eigenvalue weighted by Gasteiger charge is 2.16. The number of carbonyl (C=O) groups is 1. The lowest BCUT2D eigenvalue weighted by Crippen LogP contribution is -2.05. The lowest BCUT2D eigenvalue weighted by Gasteiger charge is -2.04. The normalized spacial score (nSPS) is 11.4. The molecule has 0 unspecified atom stereocenters. The van der Waals surface area contributed by atoms with E-state index in [1.807, 2.05) is 6.07 Å². The first-order valence-electron chi connectivity index (χ1n) is 5.64. The monoisotopic (exact) mass is 374 g/mol. The maximum Gasteiger partial charge on any atom is 0.307 e. The molecule has 1 aromatic carbocycles. The number of benzene rings is 1. The third-order valence-corrected chi connectivity index (χ3v) is 6.09. The summed E-state index contributed by atoms with van der Waals surface area (Å²) in [4.78, 5) is 11.5. The van der Waals surface area contributed by atoms with Gasteiger partial charge in [-0.05, 0) is 45.8 Å². The maximum absolute atomic E-state index is 12.2. The Kier molecular flexibility index (Phi) is 4.62. The van der Waals surface area contributed by atoms with Crippen molar-refractivity contribution in [2.45, 2.75) is 17.1 Å². The third kappa shape index (κ3) is 3.91.